The Morgan fingerprint density at radius 2 is 1.39 bits per heavy atom. The van der Waals surface area contributed by atoms with Crippen molar-refractivity contribution in [1.29, 1.82) is 0 Å². The zero-order valence-corrected chi connectivity index (χ0v) is 35.6. The molecule has 0 amide bonds. The highest BCUT2D eigenvalue weighted by Crippen LogP contribution is 2.31. The molecule has 7 atom stereocenters. The van der Waals surface area contributed by atoms with E-state index in [9.17, 15) is 33.2 Å². The van der Waals surface area contributed by atoms with E-state index >= 15 is 0 Å². The molecule has 0 bridgehead atoms. The number of rotatable bonds is 21. The molecule has 0 aromatic carbocycles. The molecule has 2 aliphatic rings. The number of H-pyrrole nitrogens is 1. The Morgan fingerprint density at radius 3 is 1.89 bits per heavy atom. The standard InChI is InChI=1S/C14H28O2.C10H13FN2O4.C10H14N6O3.C5H9NO4/c1-2-3-4-5-6-7-8-9-10-11-12-13-14(15)16;1-5-3-13(10(16)12-9(5)15)8-2-6(11)7(4-14)17-8;1-5-3-16(10(18)13-9(5)11)8-2-6(14-15-12)7(4-17)19-8;6-3(5(9)10)1-2-4(7)8/h2-13H2,1H3,(H,15,16);3,6-8,14H,2,4H2,1H3,(H,12,15,16);3,6-8,17H,2,4H2,1H3,(H2,11,13,18);3H,1-2,6H2,(H,7,8)(H,9,10)/t;2*6-,7+,8+;/m.00./s1. The maximum Gasteiger partial charge on any atom is 0.351 e. The molecule has 2 aromatic rings. The Balaban J connectivity index is 0.000000423. The van der Waals surface area contributed by atoms with Gasteiger partial charge in [0.1, 0.15) is 36.6 Å². The van der Waals surface area contributed by atoms with Crippen LogP contribution in [0.1, 0.15) is 133 Å². The molecule has 0 radical (unpaired) electrons. The molecule has 10 N–H and O–H groups in total. The molecule has 2 saturated heterocycles. The first-order valence-corrected chi connectivity index (χ1v) is 20.7. The minimum absolute atomic E-state index is 0.0172. The van der Waals surface area contributed by atoms with Crippen LogP contribution >= 0.6 is 0 Å². The van der Waals surface area contributed by atoms with Crippen molar-refractivity contribution in [3.8, 4) is 0 Å². The fraction of sp³-hybridized carbons (Fsp3) is 0.718. The van der Waals surface area contributed by atoms with Gasteiger partial charge in [0.2, 0.25) is 0 Å². The van der Waals surface area contributed by atoms with E-state index in [-0.39, 0.29) is 31.7 Å². The molecule has 4 rings (SSSR count). The summed E-state index contributed by atoms with van der Waals surface area (Å²) in [5.74, 6) is -2.68. The van der Waals surface area contributed by atoms with Crippen molar-refractivity contribution in [2.75, 3.05) is 18.9 Å². The van der Waals surface area contributed by atoms with Gasteiger partial charge in [0.25, 0.3) is 5.56 Å². The monoisotopic (exact) mass is 885 g/mol. The van der Waals surface area contributed by atoms with Crippen LogP contribution in [0.4, 0.5) is 10.2 Å². The van der Waals surface area contributed by atoms with Crippen LogP contribution in [0.25, 0.3) is 10.4 Å². The number of alkyl halides is 1. The first-order chi connectivity index (χ1) is 29.4. The van der Waals surface area contributed by atoms with Gasteiger partial charge in [0.15, 0.2) is 0 Å². The van der Waals surface area contributed by atoms with Crippen LogP contribution < -0.4 is 28.4 Å². The average Bonchev–Trinajstić information content (AvgIpc) is 3.81. The lowest BCUT2D eigenvalue weighted by Gasteiger charge is -2.15. The highest BCUT2D eigenvalue weighted by molar-refractivity contribution is 5.74. The van der Waals surface area contributed by atoms with Crippen LogP contribution in [-0.4, -0.2) is 106 Å². The minimum Gasteiger partial charge on any atom is -0.481 e. The van der Waals surface area contributed by atoms with Crippen LogP contribution in [0.5, 0.6) is 0 Å². The van der Waals surface area contributed by atoms with Crippen molar-refractivity contribution in [2.45, 2.75) is 166 Å². The number of carboxylic acid groups (broad SMARTS) is 3. The molecule has 0 spiro atoms. The summed E-state index contributed by atoms with van der Waals surface area (Å²) in [5.41, 5.74) is 18.3. The molecule has 4 heterocycles. The number of nitrogen functional groups attached to an aromatic ring is 1. The van der Waals surface area contributed by atoms with E-state index in [2.05, 4.69) is 26.9 Å². The number of carbonyl (C=O) groups is 3. The number of aliphatic hydroxyl groups is 2. The lowest BCUT2D eigenvalue weighted by molar-refractivity contribution is -0.140. The van der Waals surface area contributed by atoms with Gasteiger partial charge in [-0.05, 0) is 32.2 Å². The Hall–Kier alpha value is -5.19. The van der Waals surface area contributed by atoms with Gasteiger partial charge < -0.3 is 46.5 Å². The van der Waals surface area contributed by atoms with Crippen molar-refractivity contribution in [3.05, 3.63) is 65.3 Å². The first-order valence-electron chi connectivity index (χ1n) is 20.7. The second-order valence-electron chi connectivity index (χ2n) is 14.9. The number of aromatic amines is 1. The number of ether oxygens (including phenoxy) is 2. The van der Waals surface area contributed by atoms with E-state index in [0.29, 0.717) is 24.0 Å². The number of aliphatic carboxylic acids is 3. The molecule has 2 aromatic heterocycles. The number of hydrogen-bond acceptors (Lipinski definition) is 14. The van der Waals surface area contributed by atoms with E-state index in [1.807, 2.05) is 0 Å². The SMILES string of the molecule is CCCCCCCCCCCCCC(=O)O.Cc1cn([C@H]2C[C@H](F)[C@@H](CO)O2)c(=O)[nH]c1=O.Cc1cn([C@H]2C[C@H](N=[N+]=[N-])[C@@H](CO)O2)c(=O)nc1N.NC(CCC(=O)O)C(=O)O. The summed E-state index contributed by atoms with van der Waals surface area (Å²) in [6.45, 7) is 4.80. The Labute approximate surface area is 357 Å². The normalized spacial score (nSPS) is 20.6. The summed E-state index contributed by atoms with van der Waals surface area (Å²) in [5, 5.41) is 46.3. The van der Waals surface area contributed by atoms with Gasteiger partial charge in [-0.2, -0.15) is 4.98 Å². The van der Waals surface area contributed by atoms with Gasteiger partial charge in [-0.15, -0.1) is 0 Å². The smallest absolute Gasteiger partial charge is 0.351 e. The third-order valence-electron chi connectivity index (χ3n) is 9.85. The van der Waals surface area contributed by atoms with Gasteiger partial charge in [0.05, 0.1) is 25.4 Å². The highest BCUT2D eigenvalue weighted by atomic mass is 19.1. The topological polar surface area (TPSA) is 361 Å². The van der Waals surface area contributed by atoms with E-state index in [1.54, 1.807) is 20.0 Å². The molecule has 0 aliphatic carbocycles. The second kappa shape index (κ2) is 30.0. The fourth-order valence-electron chi connectivity index (χ4n) is 6.19. The van der Waals surface area contributed by atoms with E-state index in [4.69, 9.17) is 52.0 Å². The Morgan fingerprint density at radius 1 is 0.871 bits per heavy atom. The van der Waals surface area contributed by atoms with Crippen molar-refractivity contribution in [3.63, 3.8) is 0 Å². The van der Waals surface area contributed by atoms with Crippen LogP contribution in [-0.2, 0) is 23.9 Å². The molecule has 2 fully saturated rings. The maximum absolute atomic E-state index is 13.4. The predicted octanol–water partition coefficient (Wildman–Crippen LogP) is 3.59. The Kier molecular flexibility index (Phi) is 26.5. The molecule has 2 aliphatic heterocycles. The summed E-state index contributed by atoms with van der Waals surface area (Å²) in [6, 6.07) is -1.57. The van der Waals surface area contributed by atoms with Gasteiger partial charge >= 0.3 is 29.3 Å². The van der Waals surface area contributed by atoms with Gasteiger partial charge in [0, 0.05) is 54.1 Å². The number of halogens is 1. The van der Waals surface area contributed by atoms with Crippen molar-refractivity contribution >= 4 is 23.7 Å². The van der Waals surface area contributed by atoms with Crippen LogP contribution in [0, 0.1) is 13.8 Å². The molecule has 23 heteroatoms. The van der Waals surface area contributed by atoms with E-state index in [0.717, 1.165) is 17.4 Å². The van der Waals surface area contributed by atoms with E-state index < -0.39 is 84.4 Å². The summed E-state index contributed by atoms with van der Waals surface area (Å²) in [7, 11) is 0. The third kappa shape index (κ3) is 20.6. The number of nitrogens with two attached hydrogens (primary N) is 2. The second-order valence-corrected chi connectivity index (χ2v) is 14.9. The van der Waals surface area contributed by atoms with Gasteiger partial charge in [-0.3, -0.25) is 33.3 Å². The van der Waals surface area contributed by atoms with Gasteiger partial charge in [-0.1, -0.05) is 76.2 Å². The number of aliphatic hydroxyl groups excluding tert-OH is 2. The summed E-state index contributed by atoms with van der Waals surface area (Å²) in [4.78, 5) is 73.1. The molecule has 350 valence electrons. The number of nitrogens with zero attached hydrogens (tertiary/aromatic N) is 6. The number of hydrogen-bond donors (Lipinski definition) is 8. The van der Waals surface area contributed by atoms with Crippen molar-refractivity contribution in [2.24, 2.45) is 10.8 Å². The summed E-state index contributed by atoms with van der Waals surface area (Å²) >= 11 is 0. The van der Waals surface area contributed by atoms with Crippen molar-refractivity contribution < 1.29 is 53.8 Å². The van der Waals surface area contributed by atoms with Crippen LogP contribution in [0.2, 0.25) is 0 Å². The highest BCUT2D eigenvalue weighted by Gasteiger charge is 2.37. The Bertz CT molecular complexity index is 1900. The fourth-order valence-corrected chi connectivity index (χ4v) is 6.19. The molecule has 62 heavy (non-hydrogen) atoms. The lowest BCUT2D eigenvalue weighted by Crippen LogP contribution is -2.33. The summed E-state index contributed by atoms with van der Waals surface area (Å²) in [6.07, 6.45) is 13.0. The minimum atomic E-state index is -1.32. The quantitative estimate of drug-likeness (QED) is 0.0384. The zero-order valence-electron chi connectivity index (χ0n) is 35.6. The molecular formula is C39H64FN9O13. The number of carboxylic acids is 3. The number of nitrogens with one attached hydrogen (secondary N) is 1. The molecule has 0 saturated carbocycles. The summed E-state index contributed by atoms with van der Waals surface area (Å²) < 4.78 is 26.5. The molecule has 22 nitrogen and oxygen atoms in total. The zero-order chi connectivity index (χ0) is 46.8. The number of aromatic nitrogens is 4. The van der Waals surface area contributed by atoms with Crippen molar-refractivity contribution in [1.82, 2.24) is 19.1 Å². The van der Waals surface area contributed by atoms with Gasteiger partial charge in [-0.25, -0.2) is 14.0 Å². The van der Waals surface area contributed by atoms with E-state index in [1.165, 1.54) is 68.6 Å². The number of aryl methyl sites for hydroxylation is 2. The number of anilines is 1. The number of unbranched alkanes of at least 4 members (excludes halogenated alkanes) is 10. The third-order valence-corrected chi connectivity index (χ3v) is 9.85. The number of azide groups is 1. The predicted molar refractivity (Wildman–Crippen MR) is 224 cm³/mol. The van der Waals surface area contributed by atoms with Crippen LogP contribution in [0.15, 0.2) is 31.9 Å². The average molecular weight is 886 g/mol. The maximum atomic E-state index is 13.4. The lowest BCUT2D eigenvalue weighted by atomic mass is 10.1. The molecular weight excluding hydrogens is 821 g/mol. The van der Waals surface area contributed by atoms with Crippen LogP contribution in [0.3, 0.4) is 0 Å². The first kappa shape index (κ1) is 54.8. The molecule has 1 unspecified atom stereocenters. The largest absolute Gasteiger partial charge is 0.481 e.